The summed E-state index contributed by atoms with van der Waals surface area (Å²) in [6.07, 6.45) is 5.24. The molecule has 3 aliphatic rings. The Balaban J connectivity index is 1.63. The van der Waals surface area contributed by atoms with E-state index in [1.165, 1.54) is 30.9 Å². The van der Waals surface area contributed by atoms with Gasteiger partial charge in [-0.05, 0) is 85.6 Å². The predicted molar refractivity (Wildman–Crippen MR) is 96.6 cm³/mol. The molecule has 0 heterocycles. The Labute approximate surface area is 150 Å². The van der Waals surface area contributed by atoms with E-state index in [0.29, 0.717) is 23.5 Å². The molecule has 0 radical (unpaired) electrons. The topological polar surface area (TPSA) is 58.6 Å². The molecule has 2 N–H and O–H groups in total. The van der Waals surface area contributed by atoms with E-state index in [9.17, 15) is 9.90 Å². The van der Waals surface area contributed by atoms with Crippen molar-refractivity contribution in [2.75, 3.05) is 7.05 Å². The number of rotatable bonds is 2. The van der Waals surface area contributed by atoms with Crippen LogP contribution in [-0.4, -0.2) is 30.3 Å². The highest BCUT2D eigenvalue weighted by molar-refractivity contribution is 5.69. The number of ether oxygens (including phenoxy) is 1. The molecule has 2 fully saturated rings. The van der Waals surface area contributed by atoms with E-state index < -0.39 is 0 Å². The van der Waals surface area contributed by atoms with Crippen LogP contribution in [0.3, 0.4) is 0 Å². The number of nitrogens with one attached hydrogen (secondary N) is 1. The molecule has 25 heavy (non-hydrogen) atoms. The zero-order chi connectivity index (χ0) is 17.8. The van der Waals surface area contributed by atoms with Gasteiger partial charge in [0.05, 0.1) is 6.10 Å². The van der Waals surface area contributed by atoms with Gasteiger partial charge in [-0.3, -0.25) is 4.79 Å². The van der Waals surface area contributed by atoms with E-state index >= 15 is 0 Å². The highest BCUT2D eigenvalue weighted by Gasteiger charge is 2.57. The normalized spacial score (nSPS) is 39.3. The number of carbonyl (C=O) groups is 1. The van der Waals surface area contributed by atoms with E-state index in [4.69, 9.17) is 4.74 Å². The highest BCUT2D eigenvalue weighted by atomic mass is 16.5. The number of fused-ring (bicyclic) bond motifs is 5. The highest BCUT2D eigenvalue weighted by Crippen LogP contribution is 2.60. The molecule has 3 aliphatic carbocycles. The molecule has 1 aromatic carbocycles. The fourth-order valence-electron chi connectivity index (χ4n) is 6.32. The van der Waals surface area contributed by atoms with Gasteiger partial charge in [-0.2, -0.15) is 0 Å². The Morgan fingerprint density at radius 3 is 2.88 bits per heavy atom. The zero-order valence-electron chi connectivity index (χ0n) is 15.4. The maximum absolute atomic E-state index is 11.2. The van der Waals surface area contributed by atoms with E-state index in [2.05, 4.69) is 24.4 Å². The van der Waals surface area contributed by atoms with Crippen molar-refractivity contribution < 1.29 is 14.6 Å². The monoisotopic (exact) mass is 343 g/mol. The first-order chi connectivity index (χ1) is 11.9. The second-order valence-electron chi connectivity index (χ2n) is 8.48. The van der Waals surface area contributed by atoms with E-state index in [1.807, 2.05) is 13.1 Å². The third kappa shape index (κ3) is 2.61. The van der Waals surface area contributed by atoms with Crippen LogP contribution in [0, 0.1) is 17.3 Å². The zero-order valence-corrected chi connectivity index (χ0v) is 15.4. The van der Waals surface area contributed by atoms with Crippen molar-refractivity contribution in [2.24, 2.45) is 17.3 Å². The molecule has 0 aromatic heterocycles. The molecule has 0 spiro atoms. The number of aryl methyl sites for hydroxylation is 1. The number of aliphatic hydroxyl groups is 1. The van der Waals surface area contributed by atoms with Gasteiger partial charge in [0.15, 0.2) is 0 Å². The molecule has 4 nitrogen and oxygen atoms in total. The van der Waals surface area contributed by atoms with E-state index in [0.717, 1.165) is 19.3 Å². The van der Waals surface area contributed by atoms with Crippen LogP contribution in [0.15, 0.2) is 18.2 Å². The first-order valence-corrected chi connectivity index (χ1v) is 9.60. The van der Waals surface area contributed by atoms with Crippen LogP contribution in [0.25, 0.3) is 0 Å². The molecule has 6 atom stereocenters. The minimum absolute atomic E-state index is 0.199. The van der Waals surface area contributed by atoms with Crippen molar-refractivity contribution in [2.45, 2.75) is 64.0 Å². The van der Waals surface area contributed by atoms with Crippen LogP contribution >= 0.6 is 0 Å². The van der Waals surface area contributed by atoms with Crippen molar-refractivity contribution in [3.63, 3.8) is 0 Å². The third-order valence-electron chi connectivity index (χ3n) is 7.30. The fraction of sp³-hybridized carbons (Fsp3) is 0.667. The summed E-state index contributed by atoms with van der Waals surface area (Å²) in [5.74, 6) is 2.21. The standard InChI is InChI=1S/C21H29NO3/c1-12(23)25-14-5-7-15-13(10-14)4-6-17-16(15)8-9-21(2)18(17)11-19(24)20(21)22-3/h5,7,10,16-20,22,24H,4,6,8-9,11H2,1-3H3/t16-,17-,18+,19-,20?,21+/m1/s1. The summed E-state index contributed by atoms with van der Waals surface area (Å²) in [7, 11) is 1.99. The molecular formula is C21H29NO3. The molecule has 0 aliphatic heterocycles. The van der Waals surface area contributed by atoms with Gasteiger partial charge in [0.25, 0.3) is 0 Å². The Hall–Kier alpha value is -1.39. The molecule has 2 saturated carbocycles. The predicted octanol–water partition coefficient (Wildman–Crippen LogP) is 3.03. The van der Waals surface area contributed by atoms with E-state index in [-0.39, 0.29) is 23.5 Å². The molecular weight excluding hydrogens is 314 g/mol. The summed E-state index contributed by atoms with van der Waals surface area (Å²) in [5, 5.41) is 14.0. The maximum atomic E-state index is 11.2. The van der Waals surface area contributed by atoms with Gasteiger partial charge in [0, 0.05) is 13.0 Å². The SMILES string of the molecule is CNC1[C@H](O)C[C@H]2[C@@H]3CCc4cc(OC(C)=O)ccc4[C@H]3CC[C@]12C. The lowest BCUT2D eigenvalue weighted by atomic mass is 9.55. The summed E-state index contributed by atoms with van der Waals surface area (Å²) in [4.78, 5) is 11.2. The summed E-state index contributed by atoms with van der Waals surface area (Å²) in [5.41, 5.74) is 2.98. The fourth-order valence-corrected chi connectivity index (χ4v) is 6.32. The lowest BCUT2D eigenvalue weighted by Crippen LogP contribution is -2.49. The van der Waals surface area contributed by atoms with Gasteiger partial charge < -0.3 is 15.2 Å². The van der Waals surface area contributed by atoms with Gasteiger partial charge >= 0.3 is 5.97 Å². The van der Waals surface area contributed by atoms with Gasteiger partial charge in [0.1, 0.15) is 5.75 Å². The molecule has 1 unspecified atom stereocenters. The lowest BCUT2D eigenvalue weighted by molar-refractivity contribution is -0.131. The minimum Gasteiger partial charge on any atom is -0.427 e. The van der Waals surface area contributed by atoms with Crippen molar-refractivity contribution in [1.29, 1.82) is 0 Å². The van der Waals surface area contributed by atoms with Gasteiger partial charge in [-0.15, -0.1) is 0 Å². The maximum Gasteiger partial charge on any atom is 0.308 e. The van der Waals surface area contributed by atoms with Crippen LogP contribution in [0.1, 0.15) is 56.6 Å². The number of likely N-dealkylation sites (N-methyl/N-ethyl adjacent to an activating group) is 1. The van der Waals surface area contributed by atoms with Crippen LogP contribution in [0.2, 0.25) is 0 Å². The molecule has 4 rings (SSSR count). The first kappa shape index (κ1) is 17.0. The summed E-state index contributed by atoms with van der Waals surface area (Å²) in [6, 6.07) is 6.39. The molecule has 0 amide bonds. The molecule has 0 saturated heterocycles. The number of esters is 1. The van der Waals surface area contributed by atoms with Crippen LogP contribution in [0.4, 0.5) is 0 Å². The average molecular weight is 343 g/mol. The smallest absolute Gasteiger partial charge is 0.308 e. The molecule has 4 heteroatoms. The van der Waals surface area contributed by atoms with Crippen molar-refractivity contribution >= 4 is 5.97 Å². The summed E-state index contributed by atoms with van der Waals surface area (Å²) in [6.45, 7) is 3.83. The van der Waals surface area contributed by atoms with Crippen molar-refractivity contribution in [1.82, 2.24) is 5.32 Å². The van der Waals surface area contributed by atoms with Gasteiger partial charge in [-0.1, -0.05) is 13.0 Å². The quantitative estimate of drug-likeness (QED) is 0.640. The molecule has 0 bridgehead atoms. The Kier molecular flexibility index (Phi) is 4.16. The van der Waals surface area contributed by atoms with Crippen molar-refractivity contribution in [3.8, 4) is 5.75 Å². The minimum atomic E-state index is -0.264. The summed E-state index contributed by atoms with van der Waals surface area (Å²) >= 11 is 0. The second-order valence-corrected chi connectivity index (χ2v) is 8.48. The summed E-state index contributed by atoms with van der Waals surface area (Å²) < 4.78 is 5.26. The first-order valence-electron chi connectivity index (χ1n) is 9.60. The van der Waals surface area contributed by atoms with Crippen LogP contribution < -0.4 is 10.1 Å². The van der Waals surface area contributed by atoms with Gasteiger partial charge in [-0.25, -0.2) is 0 Å². The number of hydrogen-bond donors (Lipinski definition) is 2. The Bertz CT molecular complexity index is 688. The van der Waals surface area contributed by atoms with Crippen LogP contribution in [-0.2, 0) is 11.2 Å². The largest absolute Gasteiger partial charge is 0.427 e. The number of benzene rings is 1. The Morgan fingerprint density at radius 2 is 2.16 bits per heavy atom. The van der Waals surface area contributed by atoms with Crippen LogP contribution in [0.5, 0.6) is 5.75 Å². The third-order valence-corrected chi connectivity index (χ3v) is 7.30. The average Bonchev–Trinajstić information content (AvgIpc) is 2.83. The molecule has 136 valence electrons. The van der Waals surface area contributed by atoms with Crippen molar-refractivity contribution in [3.05, 3.63) is 29.3 Å². The second kappa shape index (κ2) is 6.10. The lowest BCUT2D eigenvalue weighted by Gasteiger charge is -2.50. The Morgan fingerprint density at radius 1 is 1.36 bits per heavy atom. The molecule has 1 aromatic rings. The van der Waals surface area contributed by atoms with Gasteiger partial charge in [0.2, 0.25) is 0 Å². The number of carbonyl (C=O) groups excluding carboxylic acids is 1. The number of hydrogen-bond acceptors (Lipinski definition) is 4. The number of aliphatic hydroxyl groups excluding tert-OH is 1. The van der Waals surface area contributed by atoms with E-state index in [1.54, 1.807) is 0 Å².